The molecule has 0 aliphatic carbocycles. The second kappa shape index (κ2) is 5.54. The van der Waals surface area contributed by atoms with E-state index in [2.05, 4.69) is 24.4 Å². The van der Waals surface area contributed by atoms with Crippen molar-refractivity contribution >= 4 is 5.82 Å². The van der Waals surface area contributed by atoms with E-state index in [-0.39, 0.29) is 5.82 Å². The smallest absolute Gasteiger partial charge is 0.133 e. The highest BCUT2D eigenvalue weighted by atomic mass is 19.1. The van der Waals surface area contributed by atoms with Gasteiger partial charge in [-0.3, -0.25) is 0 Å². The number of rotatable bonds is 3. The zero-order valence-electron chi connectivity index (χ0n) is 13.0. The second-order valence-electron chi connectivity index (χ2n) is 5.73. The Labute approximate surface area is 134 Å². The first-order valence-corrected chi connectivity index (χ1v) is 7.98. The van der Waals surface area contributed by atoms with Crippen LogP contribution in [0.1, 0.15) is 18.1 Å². The first kappa shape index (κ1) is 14.0. The van der Waals surface area contributed by atoms with E-state index in [0.29, 0.717) is 5.56 Å². The molecule has 3 nitrogen and oxygen atoms in total. The van der Waals surface area contributed by atoms with Gasteiger partial charge in [-0.2, -0.15) is 5.10 Å². The molecule has 4 heteroatoms. The third-order valence-electron chi connectivity index (χ3n) is 4.38. The standard InChI is InChI=1S/C19H18FN3/c1-2-13-7-3-6-10-17(13)23-19-15(11-12-21-19)18(22-23)14-8-4-5-9-16(14)20/h3-10,21H,2,11-12H2,1H3. The average molecular weight is 307 g/mol. The fraction of sp³-hybridized carbons (Fsp3) is 0.211. The van der Waals surface area contributed by atoms with Gasteiger partial charge < -0.3 is 5.32 Å². The van der Waals surface area contributed by atoms with Gasteiger partial charge in [-0.15, -0.1) is 0 Å². The molecule has 0 fully saturated rings. The Morgan fingerprint density at radius 1 is 1.13 bits per heavy atom. The minimum absolute atomic E-state index is 0.226. The van der Waals surface area contributed by atoms with Gasteiger partial charge in [-0.25, -0.2) is 9.07 Å². The van der Waals surface area contributed by atoms with E-state index in [1.165, 1.54) is 11.6 Å². The molecule has 0 spiro atoms. The number of nitrogens with zero attached hydrogens (tertiary/aromatic N) is 2. The van der Waals surface area contributed by atoms with Crippen LogP contribution in [-0.4, -0.2) is 16.3 Å². The van der Waals surface area contributed by atoms with Crippen LogP contribution in [0.4, 0.5) is 10.2 Å². The molecule has 0 radical (unpaired) electrons. The zero-order valence-corrected chi connectivity index (χ0v) is 13.0. The van der Waals surface area contributed by atoms with Crippen LogP contribution in [0.2, 0.25) is 0 Å². The third-order valence-corrected chi connectivity index (χ3v) is 4.38. The lowest BCUT2D eigenvalue weighted by atomic mass is 10.1. The van der Waals surface area contributed by atoms with E-state index in [0.717, 1.165) is 42.1 Å². The lowest BCUT2D eigenvalue weighted by Crippen LogP contribution is -2.06. The third kappa shape index (κ3) is 2.22. The Kier molecular flexibility index (Phi) is 3.37. The van der Waals surface area contributed by atoms with Gasteiger partial charge in [0.2, 0.25) is 0 Å². The monoisotopic (exact) mass is 307 g/mol. The molecule has 0 saturated carbocycles. The number of aryl methyl sites for hydroxylation is 1. The summed E-state index contributed by atoms with van der Waals surface area (Å²) in [5.74, 6) is 0.764. The lowest BCUT2D eigenvalue weighted by molar-refractivity contribution is 0.630. The zero-order chi connectivity index (χ0) is 15.8. The minimum atomic E-state index is -0.226. The van der Waals surface area contributed by atoms with Crippen molar-refractivity contribution < 1.29 is 4.39 Å². The summed E-state index contributed by atoms with van der Waals surface area (Å²) in [6, 6.07) is 15.1. The van der Waals surface area contributed by atoms with E-state index < -0.39 is 0 Å². The van der Waals surface area contributed by atoms with Gasteiger partial charge in [0.15, 0.2) is 0 Å². The van der Waals surface area contributed by atoms with Crippen molar-refractivity contribution in [3.8, 4) is 16.9 Å². The summed E-state index contributed by atoms with van der Waals surface area (Å²) < 4.78 is 16.2. The van der Waals surface area contributed by atoms with Crippen LogP contribution in [0.3, 0.4) is 0 Å². The summed E-state index contributed by atoms with van der Waals surface area (Å²) >= 11 is 0. The molecule has 1 N–H and O–H groups in total. The summed E-state index contributed by atoms with van der Waals surface area (Å²) in [5, 5.41) is 8.16. The molecule has 4 rings (SSSR count). The van der Waals surface area contributed by atoms with Gasteiger partial charge in [-0.1, -0.05) is 37.3 Å². The number of nitrogens with one attached hydrogen (secondary N) is 1. The molecule has 1 aromatic heterocycles. The molecule has 1 aliphatic rings. The summed E-state index contributed by atoms with van der Waals surface area (Å²) in [5.41, 5.74) is 4.70. The molecule has 0 bridgehead atoms. The minimum Gasteiger partial charge on any atom is -0.369 e. The van der Waals surface area contributed by atoms with Gasteiger partial charge in [0.05, 0.1) is 5.69 Å². The summed E-state index contributed by atoms with van der Waals surface area (Å²) in [7, 11) is 0. The quantitative estimate of drug-likeness (QED) is 0.785. The summed E-state index contributed by atoms with van der Waals surface area (Å²) in [4.78, 5) is 0. The van der Waals surface area contributed by atoms with Gasteiger partial charge >= 0.3 is 0 Å². The number of benzene rings is 2. The van der Waals surface area contributed by atoms with Crippen LogP contribution in [0.25, 0.3) is 16.9 Å². The molecule has 1 aliphatic heterocycles. The molecule has 0 saturated heterocycles. The Hall–Kier alpha value is -2.62. The van der Waals surface area contributed by atoms with Gasteiger partial charge in [0.25, 0.3) is 0 Å². The number of hydrogen-bond donors (Lipinski definition) is 1. The highest BCUT2D eigenvalue weighted by Crippen LogP contribution is 2.36. The Balaban J connectivity index is 1.94. The molecule has 0 unspecified atom stereocenters. The molecule has 3 aromatic rings. The molecule has 2 aromatic carbocycles. The van der Waals surface area contributed by atoms with Crippen molar-refractivity contribution in [2.24, 2.45) is 0 Å². The Morgan fingerprint density at radius 2 is 1.91 bits per heavy atom. The van der Waals surface area contributed by atoms with Crippen LogP contribution in [0, 0.1) is 5.82 Å². The molecule has 0 atom stereocenters. The van der Waals surface area contributed by atoms with Crippen molar-refractivity contribution in [1.82, 2.24) is 9.78 Å². The van der Waals surface area contributed by atoms with Crippen molar-refractivity contribution in [2.75, 3.05) is 11.9 Å². The van der Waals surface area contributed by atoms with Crippen LogP contribution < -0.4 is 5.32 Å². The van der Waals surface area contributed by atoms with E-state index in [4.69, 9.17) is 5.10 Å². The number of aromatic nitrogens is 2. The van der Waals surface area contributed by atoms with Crippen molar-refractivity contribution in [2.45, 2.75) is 19.8 Å². The van der Waals surface area contributed by atoms with E-state index in [1.54, 1.807) is 12.1 Å². The summed E-state index contributed by atoms with van der Waals surface area (Å²) in [6.45, 7) is 3.00. The normalized spacial score (nSPS) is 13.0. The predicted octanol–water partition coefficient (Wildman–Crippen LogP) is 4.21. The Morgan fingerprint density at radius 3 is 2.74 bits per heavy atom. The first-order valence-electron chi connectivity index (χ1n) is 7.98. The maximum Gasteiger partial charge on any atom is 0.133 e. The lowest BCUT2D eigenvalue weighted by Gasteiger charge is -2.10. The Bertz CT molecular complexity index is 867. The maximum absolute atomic E-state index is 14.2. The van der Waals surface area contributed by atoms with Crippen LogP contribution in [-0.2, 0) is 12.8 Å². The predicted molar refractivity (Wildman–Crippen MR) is 90.5 cm³/mol. The molecule has 116 valence electrons. The van der Waals surface area contributed by atoms with E-state index in [1.807, 2.05) is 22.9 Å². The number of halogens is 1. The highest BCUT2D eigenvalue weighted by molar-refractivity contribution is 5.73. The number of fused-ring (bicyclic) bond motifs is 1. The van der Waals surface area contributed by atoms with E-state index >= 15 is 0 Å². The molecular formula is C19H18FN3. The number of anilines is 1. The van der Waals surface area contributed by atoms with Crippen molar-refractivity contribution in [1.29, 1.82) is 0 Å². The molecule has 0 amide bonds. The first-order chi connectivity index (χ1) is 11.3. The van der Waals surface area contributed by atoms with Crippen molar-refractivity contribution in [3.05, 3.63) is 65.5 Å². The second-order valence-corrected chi connectivity index (χ2v) is 5.73. The topological polar surface area (TPSA) is 29.9 Å². The van der Waals surface area contributed by atoms with Gasteiger partial charge in [0, 0.05) is 17.7 Å². The molecule has 23 heavy (non-hydrogen) atoms. The number of hydrogen-bond acceptors (Lipinski definition) is 2. The van der Waals surface area contributed by atoms with Gasteiger partial charge in [-0.05, 0) is 36.6 Å². The van der Waals surface area contributed by atoms with Gasteiger partial charge in [0.1, 0.15) is 17.3 Å². The van der Waals surface area contributed by atoms with Crippen molar-refractivity contribution in [3.63, 3.8) is 0 Å². The SMILES string of the molecule is CCc1ccccc1-n1nc(-c2ccccc2F)c2c1NCC2. The highest BCUT2D eigenvalue weighted by Gasteiger charge is 2.25. The molecule has 2 heterocycles. The van der Waals surface area contributed by atoms with E-state index in [9.17, 15) is 4.39 Å². The fourth-order valence-corrected chi connectivity index (χ4v) is 3.24. The van der Waals surface area contributed by atoms with Crippen LogP contribution >= 0.6 is 0 Å². The van der Waals surface area contributed by atoms with Crippen LogP contribution in [0.15, 0.2) is 48.5 Å². The average Bonchev–Trinajstić information content (AvgIpc) is 3.18. The summed E-state index contributed by atoms with van der Waals surface area (Å²) in [6.07, 6.45) is 1.80. The maximum atomic E-state index is 14.2. The van der Waals surface area contributed by atoms with Crippen LogP contribution in [0.5, 0.6) is 0 Å². The fourth-order valence-electron chi connectivity index (χ4n) is 3.24. The largest absolute Gasteiger partial charge is 0.369 e. The molecular weight excluding hydrogens is 289 g/mol. The number of para-hydroxylation sites is 1.